The number of anilines is 1. The van der Waals surface area contributed by atoms with Gasteiger partial charge < -0.3 is 14.4 Å². The second kappa shape index (κ2) is 8.13. The maximum Gasteiger partial charge on any atom is 0.251 e. The van der Waals surface area contributed by atoms with Crippen LogP contribution in [0.1, 0.15) is 21.8 Å². The zero-order valence-corrected chi connectivity index (χ0v) is 17.5. The lowest BCUT2D eigenvalue weighted by molar-refractivity contribution is -0.114. The van der Waals surface area contributed by atoms with Gasteiger partial charge in [0.1, 0.15) is 13.2 Å². The molecule has 0 atom stereocenters. The summed E-state index contributed by atoms with van der Waals surface area (Å²) in [5, 5.41) is 6.43. The van der Waals surface area contributed by atoms with E-state index in [1.807, 2.05) is 67.4 Å². The molecule has 1 aliphatic rings. The summed E-state index contributed by atoms with van der Waals surface area (Å²) in [6, 6.07) is 9.65. The lowest BCUT2D eigenvalue weighted by Crippen LogP contribution is -2.28. The van der Waals surface area contributed by atoms with Crippen LogP contribution in [0.15, 0.2) is 41.8 Å². The number of rotatable bonds is 5. The van der Waals surface area contributed by atoms with Gasteiger partial charge in [0, 0.05) is 41.0 Å². The maximum atomic E-state index is 13.2. The molecule has 0 unspecified atom stereocenters. The van der Waals surface area contributed by atoms with Gasteiger partial charge in [-0.3, -0.25) is 9.48 Å². The van der Waals surface area contributed by atoms with Gasteiger partial charge in [-0.25, -0.2) is 0 Å². The van der Waals surface area contributed by atoms with Gasteiger partial charge in [-0.15, -0.1) is 11.3 Å². The first-order valence-electron chi connectivity index (χ1n) is 9.45. The van der Waals surface area contributed by atoms with Crippen LogP contribution < -0.4 is 14.4 Å². The highest BCUT2D eigenvalue weighted by Crippen LogP contribution is 2.35. The SMILES string of the molecule is Cc1nn(C)c(C)c1C=CC(=O)N(Cc1cccs1)c1ccc2c(c1)OCCO2. The van der Waals surface area contributed by atoms with Crippen LogP contribution in [0.5, 0.6) is 11.5 Å². The van der Waals surface area contributed by atoms with Gasteiger partial charge in [0.25, 0.3) is 5.91 Å². The minimum Gasteiger partial charge on any atom is -0.486 e. The van der Waals surface area contributed by atoms with Crippen LogP contribution in [0.4, 0.5) is 5.69 Å². The molecule has 29 heavy (non-hydrogen) atoms. The topological polar surface area (TPSA) is 56.6 Å². The van der Waals surface area contributed by atoms with E-state index in [2.05, 4.69) is 5.10 Å². The number of ether oxygens (including phenoxy) is 2. The first-order valence-corrected chi connectivity index (χ1v) is 10.3. The summed E-state index contributed by atoms with van der Waals surface area (Å²) < 4.78 is 13.1. The lowest BCUT2D eigenvalue weighted by Gasteiger charge is -2.24. The van der Waals surface area contributed by atoms with Gasteiger partial charge in [-0.05, 0) is 43.5 Å². The molecular weight excluding hydrogens is 386 g/mol. The standard InChI is InChI=1S/C22H23N3O3S/c1-15-19(16(2)24(3)23-15)7-9-22(26)25(14-18-5-4-12-29-18)17-6-8-20-21(13-17)28-11-10-27-20/h4-9,12-13H,10-11,14H2,1-3H3. The van der Waals surface area contributed by atoms with E-state index in [9.17, 15) is 4.79 Å². The van der Waals surface area contributed by atoms with Crippen molar-refractivity contribution < 1.29 is 14.3 Å². The molecule has 0 bridgehead atoms. The average Bonchev–Trinajstić information content (AvgIpc) is 3.32. The Morgan fingerprint density at radius 3 is 2.72 bits per heavy atom. The molecule has 0 radical (unpaired) electrons. The zero-order chi connectivity index (χ0) is 20.4. The molecule has 0 N–H and O–H groups in total. The Labute approximate surface area is 174 Å². The Kier molecular flexibility index (Phi) is 5.40. The number of fused-ring (bicyclic) bond motifs is 1. The van der Waals surface area contributed by atoms with Crippen LogP contribution in [0.25, 0.3) is 6.08 Å². The molecule has 0 saturated heterocycles. The summed E-state index contributed by atoms with van der Waals surface area (Å²) in [6.07, 6.45) is 3.46. The molecule has 0 fully saturated rings. The number of benzene rings is 1. The molecule has 2 aromatic heterocycles. The van der Waals surface area contributed by atoms with Gasteiger partial charge in [-0.2, -0.15) is 5.10 Å². The van der Waals surface area contributed by atoms with E-state index in [-0.39, 0.29) is 5.91 Å². The predicted molar refractivity (Wildman–Crippen MR) is 115 cm³/mol. The third-order valence-electron chi connectivity index (χ3n) is 4.96. The van der Waals surface area contributed by atoms with E-state index in [0.717, 1.165) is 27.5 Å². The number of hydrogen-bond acceptors (Lipinski definition) is 5. The number of carbonyl (C=O) groups is 1. The fraction of sp³-hybridized carbons (Fsp3) is 0.273. The number of carbonyl (C=O) groups excluding carboxylic acids is 1. The first-order chi connectivity index (χ1) is 14.0. The van der Waals surface area contributed by atoms with Crippen molar-refractivity contribution in [1.29, 1.82) is 0 Å². The Morgan fingerprint density at radius 2 is 2.03 bits per heavy atom. The molecule has 1 aromatic carbocycles. The first kappa shape index (κ1) is 19.3. The molecule has 1 amide bonds. The Bertz CT molecular complexity index is 1050. The smallest absolute Gasteiger partial charge is 0.251 e. The predicted octanol–water partition coefficient (Wildman–Crippen LogP) is 4.12. The molecule has 6 nitrogen and oxygen atoms in total. The fourth-order valence-corrected chi connectivity index (χ4v) is 4.02. The number of aryl methyl sites for hydroxylation is 2. The van der Waals surface area contributed by atoms with Crippen molar-refractivity contribution in [2.24, 2.45) is 7.05 Å². The second-order valence-corrected chi connectivity index (χ2v) is 7.91. The van der Waals surface area contributed by atoms with E-state index in [0.29, 0.717) is 31.3 Å². The highest BCUT2D eigenvalue weighted by molar-refractivity contribution is 7.09. The molecule has 1 aliphatic heterocycles. The van der Waals surface area contributed by atoms with E-state index >= 15 is 0 Å². The molecule has 0 aliphatic carbocycles. The molecule has 0 spiro atoms. The van der Waals surface area contributed by atoms with Crippen molar-refractivity contribution in [2.75, 3.05) is 18.1 Å². The monoisotopic (exact) mass is 409 g/mol. The van der Waals surface area contributed by atoms with Crippen LogP contribution in [0.3, 0.4) is 0 Å². The molecule has 3 heterocycles. The van der Waals surface area contributed by atoms with E-state index in [4.69, 9.17) is 9.47 Å². The van der Waals surface area contributed by atoms with Crippen molar-refractivity contribution in [3.63, 3.8) is 0 Å². The summed E-state index contributed by atoms with van der Waals surface area (Å²) in [5.74, 6) is 1.28. The van der Waals surface area contributed by atoms with Crippen LogP contribution in [0, 0.1) is 13.8 Å². The summed E-state index contributed by atoms with van der Waals surface area (Å²) >= 11 is 1.63. The number of nitrogens with zero attached hydrogens (tertiary/aromatic N) is 3. The minimum absolute atomic E-state index is 0.0993. The quantitative estimate of drug-likeness (QED) is 0.595. The van der Waals surface area contributed by atoms with E-state index in [1.165, 1.54) is 0 Å². The van der Waals surface area contributed by atoms with Gasteiger partial charge in [0.2, 0.25) is 0 Å². The minimum atomic E-state index is -0.0993. The Morgan fingerprint density at radius 1 is 1.24 bits per heavy atom. The Hall–Kier alpha value is -3.06. The van der Waals surface area contributed by atoms with Crippen molar-refractivity contribution in [3.8, 4) is 11.5 Å². The molecule has 7 heteroatoms. The van der Waals surface area contributed by atoms with Crippen LogP contribution >= 0.6 is 11.3 Å². The summed E-state index contributed by atoms with van der Waals surface area (Å²) in [5.41, 5.74) is 3.67. The number of thiophene rings is 1. The third-order valence-corrected chi connectivity index (χ3v) is 5.82. The number of hydrogen-bond donors (Lipinski definition) is 0. The van der Waals surface area contributed by atoms with Gasteiger partial charge in [0.15, 0.2) is 11.5 Å². The van der Waals surface area contributed by atoms with Crippen LogP contribution in [-0.4, -0.2) is 28.9 Å². The maximum absolute atomic E-state index is 13.2. The highest BCUT2D eigenvalue weighted by atomic mass is 32.1. The van der Waals surface area contributed by atoms with Crippen molar-refractivity contribution in [3.05, 3.63) is 63.6 Å². The van der Waals surface area contributed by atoms with Crippen LogP contribution in [0.2, 0.25) is 0 Å². The Balaban J connectivity index is 1.65. The van der Waals surface area contributed by atoms with Crippen molar-refractivity contribution in [2.45, 2.75) is 20.4 Å². The molecule has 3 aromatic rings. The van der Waals surface area contributed by atoms with Gasteiger partial charge in [0.05, 0.1) is 12.2 Å². The molecule has 0 saturated carbocycles. The summed E-state index contributed by atoms with van der Waals surface area (Å²) in [4.78, 5) is 16.0. The average molecular weight is 410 g/mol. The lowest BCUT2D eigenvalue weighted by atomic mass is 10.1. The van der Waals surface area contributed by atoms with Crippen molar-refractivity contribution >= 4 is 29.0 Å². The van der Waals surface area contributed by atoms with E-state index < -0.39 is 0 Å². The largest absolute Gasteiger partial charge is 0.486 e. The number of amides is 1. The fourth-order valence-electron chi connectivity index (χ4n) is 3.33. The van der Waals surface area contributed by atoms with Crippen molar-refractivity contribution in [1.82, 2.24) is 9.78 Å². The zero-order valence-electron chi connectivity index (χ0n) is 16.7. The number of aromatic nitrogens is 2. The molecule has 150 valence electrons. The summed E-state index contributed by atoms with van der Waals surface area (Å²) in [7, 11) is 1.90. The molecule has 4 rings (SSSR count). The molecular formula is C22H23N3O3S. The summed E-state index contributed by atoms with van der Waals surface area (Å²) in [6.45, 7) is 5.48. The van der Waals surface area contributed by atoms with Gasteiger partial charge in [-0.1, -0.05) is 6.07 Å². The van der Waals surface area contributed by atoms with Crippen LogP contribution in [-0.2, 0) is 18.4 Å². The normalized spacial score (nSPS) is 13.1. The highest BCUT2D eigenvalue weighted by Gasteiger charge is 2.19. The van der Waals surface area contributed by atoms with Gasteiger partial charge >= 0.3 is 0 Å². The second-order valence-electron chi connectivity index (χ2n) is 6.87. The van der Waals surface area contributed by atoms with E-state index in [1.54, 1.807) is 22.3 Å². The third kappa shape index (κ3) is 4.05.